The third kappa shape index (κ3) is 3.81. The molecule has 1 saturated carbocycles. The van der Waals surface area contributed by atoms with Crippen LogP contribution in [0.2, 0.25) is 0 Å². The molecule has 3 unspecified atom stereocenters. The molecule has 1 fully saturated rings. The summed E-state index contributed by atoms with van der Waals surface area (Å²) in [5, 5.41) is 22.9. The number of aliphatic carboxylic acids is 1. The maximum Gasteiger partial charge on any atom is 0.325 e. The molecule has 4 heteroatoms. The Hall–Kier alpha value is -1.39. The second-order valence-corrected chi connectivity index (χ2v) is 5.99. The van der Waals surface area contributed by atoms with Crippen molar-refractivity contribution in [3.63, 3.8) is 0 Å². The van der Waals surface area contributed by atoms with Crippen molar-refractivity contribution in [2.24, 2.45) is 5.92 Å². The predicted octanol–water partition coefficient (Wildman–Crippen LogP) is 2.34. The molecule has 1 aromatic rings. The van der Waals surface area contributed by atoms with Gasteiger partial charge in [-0.05, 0) is 24.3 Å². The maximum atomic E-state index is 11.4. The van der Waals surface area contributed by atoms with Gasteiger partial charge < -0.3 is 10.2 Å². The van der Waals surface area contributed by atoms with Crippen molar-refractivity contribution < 1.29 is 15.0 Å². The van der Waals surface area contributed by atoms with E-state index in [2.05, 4.69) is 12.2 Å². The SMILES string of the molecule is CC1CCCC(O)(CNC(C(=O)O)c2ccccc2)C1. The number of hydrogen-bond acceptors (Lipinski definition) is 3. The van der Waals surface area contributed by atoms with Crippen molar-refractivity contribution in [2.45, 2.75) is 44.2 Å². The highest BCUT2D eigenvalue weighted by molar-refractivity contribution is 5.75. The van der Waals surface area contributed by atoms with E-state index >= 15 is 0 Å². The summed E-state index contributed by atoms with van der Waals surface area (Å²) < 4.78 is 0. The largest absolute Gasteiger partial charge is 0.480 e. The van der Waals surface area contributed by atoms with Crippen LogP contribution >= 0.6 is 0 Å². The molecule has 1 aromatic carbocycles. The van der Waals surface area contributed by atoms with Gasteiger partial charge in [0.05, 0.1) is 5.60 Å². The van der Waals surface area contributed by atoms with E-state index in [1.807, 2.05) is 18.2 Å². The van der Waals surface area contributed by atoms with E-state index in [0.29, 0.717) is 18.0 Å². The summed E-state index contributed by atoms with van der Waals surface area (Å²) in [6.07, 6.45) is 3.62. The Labute approximate surface area is 119 Å². The van der Waals surface area contributed by atoms with Gasteiger partial charge in [0.1, 0.15) is 6.04 Å². The van der Waals surface area contributed by atoms with Crippen molar-refractivity contribution >= 4 is 5.97 Å². The highest BCUT2D eigenvalue weighted by Gasteiger charge is 2.33. The molecule has 0 radical (unpaired) electrons. The Balaban J connectivity index is 2.01. The summed E-state index contributed by atoms with van der Waals surface area (Å²) >= 11 is 0. The number of nitrogens with one attached hydrogen (secondary N) is 1. The van der Waals surface area contributed by atoms with Gasteiger partial charge in [0.25, 0.3) is 0 Å². The topological polar surface area (TPSA) is 69.6 Å². The van der Waals surface area contributed by atoms with Crippen LogP contribution in [0.5, 0.6) is 0 Å². The smallest absolute Gasteiger partial charge is 0.325 e. The molecule has 0 aliphatic heterocycles. The number of hydrogen-bond donors (Lipinski definition) is 3. The second kappa shape index (κ2) is 6.37. The summed E-state index contributed by atoms with van der Waals surface area (Å²) in [6, 6.07) is 8.32. The number of benzene rings is 1. The average molecular weight is 277 g/mol. The molecule has 1 aliphatic rings. The Morgan fingerprint density at radius 3 is 2.75 bits per heavy atom. The quantitative estimate of drug-likeness (QED) is 0.772. The molecule has 0 spiro atoms. The van der Waals surface area contributed by atoms with Gasteiger partial charge in [-0.15, -0.1) is 0 Å². The summed E-state index contributed by atoms with van der Waals surface area (Å²) in [7, 11) is 0. The van der Waals surface area contributed by atoms with Crippen LogP contribution in [0.4, 0.5) is 0 Å². The van der Waals surface area contributed by atoms with Crippen LogP contribution in [-0.2, 0) is 4.79 Å². The molecule has 3 atom stereocenters. The Bertz CT molecular complexity index is 448. The molecule has 110 valence electrons. The fourth-order valence-corrected chi connectivity index (χ4v) is 3.08. The van der Waals surface area contributed by atoms with E-state index < -0.39 is 17.6 Å². The lowest BCUT2D eigenvalue weighted by atomic mass is 9.79. The van der Waals surface area contributed by atoms with Crippen molar-refractivity contribution in [3.8, 4) is 0 Å². The van der Waals surface area contributed by atoms with Crippen LogP contribution in [0.15, 0.2) is 30.3 Å². The molecular weight excluding hydrogens is 254 g/mol. The Kier molecular flexibility index (Phi) is 4.78. The molecule has 2 rings (SSSR count). The maximum absolute atomic E-state index is 11.4. The molecule has 0 saturated heterocycles. The number of carboxylic acid groups (broad SMARTS) is 1. The molecule has 3 N–H and O–H groups in total. The van der Waals surface area contributed by atoms with Crippen molar-refractivity contribution in [1.29, 1.82) is 0 Å². The van der Waals surface area contributed by atoms with E-state index in [9.17, 15) is 15.0 Å². The molecule has 20 heavy (non-hydrogen) atoms. The zero-order chi connectivity index (χ0) is 14.6. The van der Waals surface area contributed by atoms with E-state index in [0.717, 1.165) is 25.7 Å². The van der Waals surface area contributed by atoms with Crippen LogP contribution < -0.4 is 5.32 Å². The van der Waals surface area contributed by atoms with Crippen LogP contribution in [0, 0.1) is 5.92 Å². The lowest BCUT2D eigenvalue weighted by molar-refractivity contribution is -0.140. The Morgan fingerprint density at radius 2 is 2.15 bits per heavy atom. The van der Waals surface area contributed by atoms with Gasteiger partial charge in [0, 0.05) is 6.54 Å². The van der Waals surface area contributed by atoms with E-state index in [4.69, 9.17) is 0 Å². The fourth-order valence-electron chi connectivity index (χ4n) is 3.08. The number of rotatable bonds is 5. The second-order valence-electron chi connectivity index (χ2n) is 5.99. The summed E-state index contributed by atoms with van der Waals surface area (Å²) in [5.41, 5.74) is -0.0624. The first-order valence-corrected chi connectivity index (χ1v) is 7.24. The Morgan fingerprint density at radius 1 is 1.45 bits per heavy atom. The van der Waals surface area contributed by atoms with Gasteiger partial charge in [-0.3, -0.25) is 10.1 Å². The zero-order valence-electron chi connectivity index (χ0n) is 11.9. The first-order valence-electron chi connectivity index (χ1n) is 7.24. The van der Waals surface area contributed by atoms with Crippen molar-refractivity contribution in [3.05, 3.63) is 35.9 Å². The molecule has 4 nitrogen and oxygen atoms in total. The fraction of sp³-hybridized carbons (Fsp3) is 0.562. The zero-order valence-corrected chi connectivity index (χ0v) is 11.9. The highest BCUT2D eigenvalue weighted by atomic mass is 16.4. The van der Waals surface area contributed by atoms with Gasteiger partial charge in [-0.1, -0.05) is 50.1 Å². The van der Waals surface area contributed by atoms with E-state index in [1.54, 1.807) is 12.1 Å². The number of carbonyl (C=O) groups is 1. The van der Waals surface area contributed by atoms with Gasteiger partial charge in [-0.2, -0.15) is 0 Å². The summed E-state index contributed by atoms with van der Waals surface area (Å²) in [4.78, 5) is 11.4. The minimum atomic E-state index is -0.913. The first-order chi connectivity index (χ1) is 9.50. The molecule has 0 bridgehead atoms. The third-order valence-electron chi connectivity index (χ3n) is 4.08. The van der Waals surface area contributed by atoms with Crippen LogP contribution in [-0.4, -0.2) is 28.3 Å². The lowest BCUT2D eigenvalue weighted by Crippen LogP contribution is -2.46. The third-order valence-corrected chi connectivity index (χ3v) is 4.08. The highest BCUT2D eigenvalue weighted by Crippen LogP contribution is 2.32. The van der Waals surface area contributed by atoms with E-state index in [-0.39, 0.29) is 0 Å². The van der Waals surface area contributed by atoms with E-state index in [1.165, 1.54) is 0 Å². The van der Waals surface area contributed by atoms with Crippen LogP contribution in [0.1, 0.15) is 44.2 Å². The number of aliphatic hydroxyl groups is 1. The molecule has 0 amide bonds. The van der Waals surface area contributed by atoms with Crippen molar-refractivity contribution in [1.82, 2.24) is 5.32 Å². The lowest BCUT2D eigenvalue weighted by Gasteiger charge is -2.36. The van der Waals surface area contributed by atoms with Gasteiger partial charge in [0.2, 0.25) is 0 Å². The number of carboxylic acids is 1. The minimum absolute atomic E-state index is 0.323. The summed E-state index contributed by atoms with van der Waals surface area (Å²) in [6.45, 7) is 2.46. The predicted molar refractivity (Wildman–Crippen MR) is 77.4 cm³/mol. The molecule has 0 aromatic heterocycles. The van der Waals surface area contributed by atoms with Gasteiger partial charge >= 0.3 is 5.97 Å². The average Bonchev–Trinajstić information content (AvgIpc) is 2.39. The minimum Gasteiger partial charge on any atom is -0.480 e. The van der Waals surface area contributed by atoms with Crippen LogP contribution in [0.25, 0.3) is 0 Å². The normalized spacial score (nSPS) is 28.0. The monoisotopic (exact) mass is 277 g/mol. The molecular formula is C16H23NO3. The first kappa shape index (κ1) is 15.0. The van der Waals surface area contributed by atoms with Crippen molar-refractivity contribution in [2.75, 3.05) is 6.54 Å². The summed E-state index contributed by atoms with van der Waals surface area (Å²) in [5.74, 6) is -0.417. The van der Waals surface area contributed by atoms with Gasteiger partial charge in [0.15, 0.2) is 0 Å². The van der Waals surface area contributed by atoms with Gasteiger partial charge in [-0.25, -0.2) is 0 Å². The molecule has 1 aliphatic carbocycles. The molecule has 0 heterocycles. The van der Waals surface area contributed by atoms with Crippen LogP contribution in [0.3, 0.4) is 0 Å². The standard InChI is InChI=1S/C16H23NO3/c1-12-6-5-9-16(20,10-12)11-17-14(15(18)19)13-7-3-2-4-8-13/h2-4,7-8,12,14,17,20H,5-6,9-11H2,1H3,(H,18,19).